The van der Waals surface area contributed by atoms with Gasteiger partial charge in [0, 0.05) is 44.7 Å². The monoisotopic (exact) mass is 650 g/mol. The number of rotatable bonds is 4. The molecule has 2 aliphatic rings. The average molecular weight is 651 g/mol. The van der Waals surface area contributed by atoms with Crippen molar-refractivity contribution in [3.05, 3.63) is 185 Å². The number of fused-ring (bicyclic) bond motifs is 9. The number of hydrogen-bond acceptors (Lipinski definition) is 2. The quantitative estimate of drug-likeness (QED) is 0.188. The molecular weight excluding hydrogens is 595 g/mol. The number of furan rings is 1. The van der Waals surface area contributed by atoms with Crippen LogP contribution in [0.25, 0.3) is 44.2 Å². The van der Waals surface area contributed by atoms with Crippen LogP contribution in [0.1, 0.15) is 77.4 Å². The Morgan fingerprint density at radius 1 is 0.510 bits per heavy atom. The first-order valence-electron chi connectivity index (χ1n) is 26.0. The van der Waals surface area contributed by atoms with Gasteiger partial charge in [0.1, 0.15) is 11.2 Å². The van der Waals surface area contributed by atoms with E-state index in [1.165, 1.54) is 31.2 Å². The molecular formula is C47H35NO. The van der Waals surface area contributed by atoms with Crippen LogP contribution in [0.5, 0.6) is 0 Å². The van der Waals surface area contributed by atoms with E-state index >= 15 is 0 Å². The van der Waals surface area contributed by atoms with Crippen molar-refractivity contribution in [3.63, 3.8) is 0 Å². The molecule has 49 heavy (non-hydrogen) atoms. The highest BCUT2D eigenvalue weighted by Gasteiger charge is 2.42. The molecule has 2 heteroatoms. The van der Waals surface area contributed by atoms with E-state index in [0.29, 0.717) is 0 Å². The maximum Gasteiger partial charge on any atom is 0.137 e. The lowest BCUT2D eigenvalue weighted by Gasteiger charge is -2.29. The second kappa shape index (κ2) is 10.1. The summed E-state index contributed by atoms with van der Waals surface area (Å²) < 4.78 is 196. The molecule has 0 bridgehead atoms. The van der Waals surface area contributed by atoms with Crippen molar-refractivity contribution >= 4 is 39.0 Å². The first kappa shape index (κ1) is 14.3. The van der Waals surface area contributed by atoms with Gasteiger partial charge < -0.3 is 9.32 Å². The largest absolute Gasteiger partial charge is 0.456 e. The Hall–Kier alpha value is -5.86. The van der Waals surface area contributed by atoms with Gasteiger partial charge in [-0.15, -0.1) is 0 Å². The molecule has 0 N–H and O–H groups in total. The molecule has 10 rings (SSSR count). The van der Waals surface area contributed by atoms with Crippen molar-refractivity contribution in [1.29, 1.82) is 0 Å². The summed E-state index contributed by atoms with van der Waals surface area (Å²) in [4.78, 5) is 0.910. The third-order valence-corrected chi connectivity index (χ3v) is 9.73. The standard InChI is InChI=1S/C47H35NO/c1-46(2)38-19-10-7-16-33(38)36-26-24-31(28-42(36)46)48(30-14-5-4-6-15-30)32-25-27-37-44(29-32)49-43-23-13-22-41(45(37)43)47(3)39-20-11-8-17-34(39)35-18-9-12-21-40(35)47/h4-29H,1-3H3/i5D,6D,7D,8D,9D,10D,11D,12D,13D,14D,15D,17D,18D,19D,20D,23D,24D,25D,26D,27D,28D. The Morgan fingerprint density at radius 2 is 1.20 bits per heavy atom. The summed E-state index contributed by atoms with van der Waals surface area (Å²) in [6.07, 6.45) is 0. The molecule has 1 unspecified atom stereocenters. The second-order valence-electron chi connectivity index (χ2n) is 12.6. The van der Waals surface area contributed by atoms with E-state index < -0.39 is 143 Å². The SMILES string of the molecule is [2H]c1cc2c(c([2H])c1[2H])-c1c([2H])c([2H])c([2H])c([2H])c1C2(C)c1cc([2H])c([2H])c2oc3cc(N(c4c([2H])c([2H])cc([2H])c4[2H])c4c([2H])c([2H])c5c(c4[2H])C(C)(C)c4c-5cc([2H])c([2H])c4[2H])c([2H])c([2H])c3c12. The van der Waals surface area contributed by atoms with E-state index in [1.807, 2.05) is 0 Å². The van der Waals surface area contributed by atoms with Gasteiger partial charge in [0.05, 0.1) is 28.8 Å². The van der Waals surface area contributed by atoms with Crippen molar-refractivity contribution in [2.75, 3.05) is 4.90 Å². The summed E-state index contributed by atoms with van der Waals surface area (Å²) in [5.41, 5.74) is -4.96. The summed E-state index contributed by atoms with van der Waals surface area (Å²) >= 11 is 0. The van der Waals surface area contributed by atoms with Gasteiger partial charge >= 0.3 is 0 Å². The van der Waals surface area contributed by atoms with Crippen molar-refractivity contribution in [2.24, 2.45) is 0 Å². The van der Waals surface area contributed by atoms with Crippen LogP contribution >= 0.6 is 0 Å². The zero-order valence-corrected chi connectivity index (χ0v) is 26.2. The molecule has 7 aromatic carbocycles. The Labute approximate surface area is 316 Å². The molecule has 0 radical (unpaired) electrons. The van der Waals surface area contributed by atoms with Crippen molar-refractivity contribution in [3.8, 4) is 22.3 Å². The number of para-hydroxylation sites is 1. The van der Waals surface area contributed by atoms with Gasteiger partial charge in [0.15, 0.2) is 0 Å². The maximum absolute atomic E-state index is 9.86. The Morgan fingerprint density at radius 3 is 2.08 bits per heavy atom. The summed E-state index contributed by atoms with van der Waals surface area (Å²) in [6.45, 7) is 4.80. The van der Waals surface area contributed by atoms with Crippen LogP contribution in [0.2, 0.25) is 0 Å². The van der Waals surface area contributed by atoms with E-state index in [1.54, 1.807) is 13.8 Å². The minimum absolute atomic E-state index is 0.0190. The lowest BCUT2D eigenvalue weighted by molar-refractivity contribution is 0.660. The molecule has 0 saturated carbocycles. The topological polar surface area (TPSA) is 16.4 Å². The smallest absolute Gasteiger partial charge is 0.137 e. The van der Waals surface area contributed by atoms with Crippen LogP contribution in [0.15, 0.2) is 162 Å². The van der Waals surface area contributed by atoms with E-state index in [4.69, 9.17) is 25.0 Å². The van der Waals surface area contributed by atoms with Crippen LogP contribution < -0.4 is 4.90 Å². The lowest BCUT2D eigenvalue weighted by atomic mass is 9.73. The minimum atomic E-state index is -1.81. The van der Waals surface area contributed by atoms with E-state index in [0.717, 1.165) is 11.0 Å². The third-order valence-electron chi connectivity index (χ3n) is 9.73. The van der Waals surface area contributed by atoms with Crippen LogP contribution in [0.3, 0.4) is 0 Å². The lowest BCUT2D eigenvalue weighted by Crippen LogP contribution is -2.22. The van der Waals surface area contributed by atoms with E-state index in [2.05, 4.69) is 0 Å². The Kier molecular flexibility index (Phi) is 2.94. The van der Waals surface area contributed by atoms with Gasteiger partial charge in [-0.3, -0.25) is 0 Å². The van der Waals surface area contributed by atoms with Gasteiger partial charge in [0.25, 0.3) is 0 Å². The van der Waals surface area contributed by atoms with Crippen LogP contribution in [0, 0.1) is 0 Å². The predicted octanol–water partition coefficient (Wildman–Crippen LogP) is 12.7. The van der Waals surface area contributed by atoms with Crippen LogP contribution in [0.4, 0.5) is 17.1 Å². The second-order valence-corrected chi connectivity index (χ2v) is 12.6. The molecule has 0 aliphatic heterocycles. The summed E-state index contributed by atoms with van der Waals surface area (Å²) in [7, 11) is 0. The molecule has 1 aromatic heterocycles. The highest BCUT2D eigenvalue weighted by atomic mass is 16.3. The average Bonchev–Trinajstić information content (AvgIpc) is 3.90. The molecule has 1 heterocycles. The molecule has 0 spiro atoms. The highest BCUT2D eigenvalue weighted by Crippen LogP contribution is 2.55. The normalized spacial score (nSPS) is 22.7. The predicted molar refractivity (Wildman–Crippen MR) is 203 cm³/mol. The molecule has 8 aromatic rings. The Bertz CT molecular complexity index is 3780. The summed E-state index contributed by atoms with van der Waals surface area (Å²) in [6, 6.07) is -5.52. The maximum atomic E-state index is 9.86. The molecule has 234 valence electrons. The van der Waals surface area contributed by atoms with Gasteiger partial charge in [-0.2, -0.15) is 0 Å². The number of benzene rings is 7. The van der Waals surface area contributed by atoms with Gasteiger partial charge in [0.2, 0.25) is 0 Å². The molecule has 0 fully saturated rings. The molecule has 0 amide bonds. The van der Waals surface area contributed by atoms with Crippen molar-refractivity contribution in [1.82, 2.24) is 0 Å². The van der Waals surface area contributed by atoms with Gasteiger partial charge in [-0.1, -0.05) is 123 Å². The van der Waals surface area contributed by atoms with Gasteiger partial charge in [-0.25, -0.2) is 0 Å². The fraction of sp³-hybridized carbons (Fsp3) is 0.106. The van der Waals surface area contributed by atoms with Crippen LogP contribution in [-0.4, -0.2) is 0 Å². The Balaban J connectivity index is 1.34. The molecule has 0 saturated heterocycles. The minimum Gasteiger partial charge on any atom is -0.456 e. The molecule has 2 nitrogen and oxygen atoms in total. The van der Waals surface area contributed by atoms with Crippen LogP contribution in [-0.2, 0) is 10.8 Å². The highest BCUT2D eigenvalue weighted by molar-refractivity contribution is 6.09. The van der Waals surface area contributed by atoms with Crippen molar-refractivity contribution in [2.45, 2.75) is 31.6 Å². The van der Waals surface area contributed by atoms with Crippen molar-refractivity contribution < 1.29 is 33.2 Å². The summed E-state index contributed by atoms with van der Waals surface area (Å²) in [5, 5.41) is -0.240. The summed E-state index contributed by atoms with van der Waals surface area (Å²) in [5.74, 6) is 0. The van der Waals surface area contributed by atoms with E-state index in [-0.39, 0.29) is 84.1 Å². The molecule has 1 atom stereocenters. The zero-order valence-electron chi connectivity index (χ0n) is 47.2. The fourth-order valence-electron chi connectivity index (χ4n) is 7.38. The number of hydrogen-bond donors (Lipinski definition) is 0. The first-order valence-corrected chi connectivity index (χ1v) is 15.5. The molecule has 2 aliphatic carbocycles. The fourth-order valence-corrected chi connectivity index (χ4v) is 7.38. The third kappa shape index (κ3) is 3.83. The number of anilines is 3. The van der Waals surface area contributed by atoms with E-state index in [9.17, 15) is 8.22 Å². The zero-order chi connectivity index (χ0) is 51.2. The van der Waals surface area contributed by atoms with Gasteiger partial charge in [-0.05, 0) is 99.3 Å². The number of nitrogens with zero attached hydrogens (tertiary/aromatic N) is 1. The first-order chi connectivity index (χ1) is 32.6.